The average molecular weight is 367 g/mol. The highest BCUT2D eigenvalue weighted by atomic mass is 35.5. The lowest BCUT2D eigenvalue weighted by atomic mass is 10.1. The number of nitrogens with two attached hydrogens (primary N) is 1. The highest BCUT2D eigenvalue weighted by Gasteiger charge is 2.38. The molecule has 0 aliphatic rings. The Hall–Kier alpha value is -0.540. The Kier molecular flexibility index (Phi) is 6.53. The standard InChI is InChI=1S/C11H14ClF3N2O2S.ClH/c1-10(2,16)6-17-20(18,19)9-7(11(13,14)15)4-3-5-8(9)12;/h3-5,17H,6,16H2,1-2H3;1H. The van der Waals surface area contributed by atoms with Crippen molar-refractivity contribution in [2.75, 3.05) is 6.54 Å². The first-order valence-corrected chi connectivity index (χ1v) is 7.35. The van der Waals surface area contributed by atoms with Crippen LogP contribution in [-0.4, -0.2) is 20.5 Å². The molecule has 3 N–H and O–H groups in total. The van der Waals surface area contributed by atoms with Crippen molar-refractivity contribution in [2.24, 2.45) is 5.73 Å². The summed E-state index contributed by atoms with van der Waals surface area (Å²) in [4.78, 5) is -0.988. The van der Waals surface area contributed by atoms with E-state index >= 15 is 0 Å². The topological polar surface area (TPSA) is 72.2 Å². The van der Waals surface area contributed by atoms with Gasteiger partial charge in [-0.15, -0.1) is 12.4 Å². The fourth-order valence-electron chi connectivity index (χ4n) is 1.36. The summed E-state index contributed by atoms with van der Waals surface area (Å²) in [6, 6.07) is 2.78. The molecule has 10 heteroatoms. The zero-order valence-electron chi connectivity index (χ0n) is 11.2. The van der Waals surface area contributed by atoms with Crippen molar-refractivity contribution in [1.29, 1.82) is 0 Å². The summed E-state index contributed by atoms with van der Waals surface area (Å²) in [5.41, 5.74) is 3.38. The summed E-state index contributed by atoms with van der Waals surface area (Å²) in [7, 11) is -4.42. The number of nitrogens with one attached hydrogen (secondary N) is 1. The number of hydrogen-bond donors (Lipinski definition) is 2. The number of benzene rings is 1. The van der Waals surface area contributed by atoms with E-state index in [1.54, 1.807) is 0 Å². The molecule has 0 atom stereocenters. The molecule has 0 aliphatic carbocycles. The largest absolute Gasteiger partial charge is 0.417 e. The van der Waals surface area contributed by atoms with Crippen molar-refractivity contribution in [3.05, 3.63) is 28.8 Å². The van der Waals surface area contributed by atoms with Crippen LogP contribution >= 0.6 is 24.0 Å². The molecular formula is C11H15Cl2F3N2O2S. The molecule has 1 rings (SSSR count). The van der Waals surface area contributed by atoms with Gasteiger partial charge in [0.25, 0.3) is 0 Å². The minimum absolute atomic E-state index is 0. The first-order valence-electron chi connectivity index (χ1n) is 5.49. The first kappa shape index (κ1) is 20.5. The minimum atomic E-state index is -4.83. The maximum Gasteiger partial charge on any atom is 0.417 e. The summed E-state index contributed by atoms with van der Waals surface area (Å²) in [5.74, 6) is 0. The molecule has 0 amide bonds. The Balaban J connectivity index is 0.00000400. The van der Waals surface area contributed by atoms with Crippen molar-refractivity contribution in [1.82, 2.24) is 4.72 Å². The Labute approximate surface area is 132 Å². The van der Waals surface area contributed by atoms with Gasteiger partial charge in [0.05, 0.1) is 10.6 Å². The third-order valence-corrected chi connectivity index (χ3v) is 4.19. The smallest absolute Gasteiger partial charge is 0.324 e. The van der Waals surface area contributed by atoms with Gasteiger partial charge in [0, 0.05) is 12.1 Å². The molecule has 0 fully saturated rings. The van der Waals surface area contributed by atoms with Gasteiger partial charge in [-0.3, -0.25) is 0 Å². The number of sulfonamides is 1. The van der Waals surface area contributed by atoms with Crippen LogP contribution in [0.15, 0.2) is 23.1 Å². The summed E-state index contributed by atoms with van der Waals surface area (Å²) >= 11 is 5.62. The van der Waals surface area contributed by atoms with Crippen LogP contribution in [0.2, 0.25) is 5.02 Å². The molecule has 1 aromatic carbocycles. The van der Waals surface area contributed by atoms with E-state index in [1.165, 1.54) is 13.8 Å². The highest BCUT2D eigenvalue weighted by molar-refractivity contribution is 7.89. The van der Waals surface area contributed by atoms with Gasteiger partial charge in [0.1, 0.15) is 4.90 Å². The van der Waals surface area contributed by atoms with E-state index in [2.05, 4.69) is 0 Å². The van der Waals surface area contributed by atoms with Crippen molar-refractivity contribution in [3.63, 3.8) is 0 Å². The number of rotatable bonds is 4. The van der Waals surface area contributed by atoms with Crippen molar-refractivity contribution < 1.29 is 21.6 Å². The molecule has 1 aromatic rings. The van der Waals surface area contributed by atoms with E-state index in [-0.39, 0.29) is 19.0 Å². The minimum Gasteiger partial charge on any atom is -0.324 e. The highest BCUT2D eigenvalue weighted by Crippen LogP contribution is 2.37. The second-order valence-electron chi connectivity index (χ2n) is 4.93. The Bertz CT molecular complexity index is 598. The molecule has 0 spiro atoms. The molecule has 4 nitrogen and oxygen atoms in total. The van der Waals surface area contributed by atoms with Crippen LogP contribution in [0.1, 0.15) is 19.4 Å². The van der Waals surface area contributed by atoms with Crippen LogP contribution < -0.4 is 10.5 Å². The van der Waals surface area contributed by atoms with E-state index in [1.807, 2.05) is 4.72 Å². The normalized spacial score (nSPS) is 12.9. The Morgan fingerprint density at radius 3 is 2.24 bits per heavy atom. The van der Waals surface area contributed by atoms with Crippen LogP contribution in [0.4, 0.5) is 13.2 Å². The molecule has 21 heavy (non-hydrogen) atoms. The van der Waals surface area contributed by atoms with E-state index in [0.717, 1.165) is 12.1 Å². The maximum atomic E-state index is 12.9. The van der Waals surface area contributed by atoms with Gasteiger partial charge >= 0.3 is 6.18 Å². The lowest BCUT2D eigenvalue weighted by Gasteiger charge is -2.20. The van der Waals surface area contributed by atoms with Gasteiger partial charge in [-0.1, -0.05) is 17.7 Å². The Morgan fingerprint density at radius 1 is 1.29 bits per heavy atom. The molecule has 0 saturated carbocycles. The predicted molar refractivity (Wildman–Crippen MR) is 77.2 cm³/mol. The lowest BCUT2D eigenvalue weighted by Crippen LogP contribution is -2.45. The van der Waals surface area contributed by atoms with Crippen molar-refractivity contribution >= 4 is 34.0 Å². The third kappa shape index (κ3) is 5.63. The van der Waals surface area contributed by atoms with Gasteiger partial charge in [-0.2, -0.15) is 13.2 Å². The Morgan fingerprint density at radius 2 is 1.81 bits per heavy atom. The van der Waals surface area contributed by atoms with Gasteiger partial charge < -0.3 is 5.73 Å². The summed E-state index contributed by atoms with van der Waals surface area (Å²) < 4.78 is 64.6. The van der Waals surface area contributed by atoms with E-state index in [9.17, 15) is 21.6 Å². The molecule has 0 radical (unpaired) electrons. The molecule has 0 heterocycles. The van der Waals surface area contributed by atoms with Crippen molar-refractivity contribution in [2.45, 2.75) is 30.5 Å². The number of halogens is 5. The zero-order valence-corrected chi connectivity index (χ0v) is 13.6. The molecule has 0 saturated heterocycles. The monoisotopic (exact) mass is 366 g/mol. The van der Waals surface area contributed by atoms with Crippen LogP contribution in [0.3, 0.4) is 0 Å². The average Bonchev–Trinajstić information content (AvgIpc) is 2.24. The quantitative estimate of drug-likeness (QED) is 0.860. The summed E-state index contributed by atoms with van der Waals surface area (Å²) in [6.45, 7) is 2.84. The van der Waals surface area contributed by atoms with Crippen LogP contribution in [-0.2, 0) is 16.2 Å². The lowest BCUT2D eigenvalue weighted by molar-refractivity contribution is -0.139. The van der Waals surface area contributed by atoms with Crippen LogP contribution in [0.25, 0.3) is 0 Å². The molecule has 122 valence electrons. The fraction of sp³-hybridized carbons (Fsp3) is 0.455. The molecular weight excluding hydrogens is 352 g/mol. The van der Waals surface area contributed by atoms with E-state index in [4.69, 9.17) is 17.3 Å². The summed E-state index contributed by atoms with van der Waals surface area (Å²) in [6.07, 6.45) is -4.83. The first-order chi connectivity index (χ1) is 8.84. The van der Waals surface area contributed by atoms with Gasteiger partial charge in [-0.25, -0.2) is 13.1 Å². The van der Waals surface area contributed by atoms with E-state index in [0.29, 0.717) is 6.07 Å². The molecule has 0 unspecified atom stereocenters. The number of hydrogen-bond acceptors (Lipinski definition) is 3. The second kappa shape index (κ2) is 6.70. The van der Waals surface area contributed by atoms with Crippen LogP contribution in [0.5, 0.6) is 0 Å². The van der Waals surface area contributed by atoms with Gasteiger partial charge in [-0.05, 0) is 26.0 Å². The van der Waals surface area contributed by atoms with E-state index < -0.39 is 37.2 Å². The molecule has 0 aliphatic heterocycles. The summed E-state index contributed by atoms with van der Waals surface area (Å²) in [5, 5.41) is -0.498. The molecule has 0 bridgehead atoms. The van der Waals surface area contributed by atoms with Crippen molar-refractivity contribution in [3.8, 4) is 0 Å². The zero-order chi connectivity index (χ0) is 15.8. The maximum absolute atomic E-state index is 12.9. The van der Waals surface area contributed by atoms with Gasteiger partial charge in [0.15, 0.2) is 0 Å². The predicted octanol–water partition coefficient (Wildman–Crippen LogP) is 2.80. The fourth-order valence-corrected chi connectivity index (χ4v) is 3.34. The van der Waals surface area contributed by atoms with Gasteiger partial charge in [0.2, 0.25) is 10.0 Å². The number of alkyl halides is 3. The SMILES string of the molecule is CC(C)(N)CNS(=O)(=O)c1c(Cl)cccc1C(F)(F)F.Cl. The molecule has 0 aromatic heterocycles. The second-order valence-corrected chi connectivity index (χ2v) is 7.04. The van der Waals surface area contributed by atoms with Crippen LogP contribution in [0, 0.1) is 0 Å². The third-order valence-electron chi connectivity index (χ3n) is 2.26.